The lowest BCUT2D eigenvalue weighted by molar-refractivity contribution is -0.163. The molecule has 2 unspecified atom stereocenters. The van der Waals surface area contributed by atoms with Crippen molar-refractivity contribution >= 4 is 61.5 Å². The lowest BCUT2D eigenvalue weighted by Crippen LogP contribution is -2.40. The zero-order valence-electron chi connectivity index (χ0n) is 41.8. The number of rotatable bonds is 17. The second-order valence-electron chi connectivity index (χ2n) is 17.5. The van der Waals surface area contributed by atoms with Crippen LogP contribution in [-0.4, -0.2) is 102 Å². The molecule has 0 spiro atoms. The van der Waals surface area contributed by atoms with Gasteiger partial charge in [0.25, 0.3) is 11.1 Å². The summed E-state index contributed by atoms with van der Waals surface area (Å²) in [5.74, 6) is 0.761. The maximum atomic E-state index is 13.8. The number of imidazole rings is 2. The van der Waals surface area contributed by atoms with Gasteiger partial charge in [-0.15, -0.1) is 0 Å². The molecule has 2 saturated heterocycles. The van der Waals surface area contributed by atoms with Gasteiger partial charge in [0.2, 0.25) is 0 Å². The van der Waals surface area contributed by atoms with Crippen LogP contribution in [0.15, 0.2) is 105 Å². The number of nitrogens with zero attached hydrogens (tertiary/aromatic N) is 11. The molecule has 8 heterocycles. The van der Waals surface area contributed by atoms with Crippen molar-refractivity contribution in [1.82, 2.24) is 57.7 Å². The molecule has 2 fully saturated rings. The third kappa shape index (κ3) is 13.4. The molecule has 0 amide bonds. The van der Waals surface area contributed by atoms with E-state index < -0.39 is 22.5 Å². The fourth-order valence-corrected chi connectivity index (χ4v) is 9.38. The molecule has 0 aliphatic carbocycles. The van der Waals surface area contributed by atoms with E-state index in [0.717, 1.165) is 61.8 Å². The predicted octanol–water partition coefficient (Wildman–Crippen LogP) is 7.85. The lowest BCUT2D eigenvalue weighted by Gasteiger charge is -2.22. The maximum Gasteiger partial charge on any atom is 0.332 e. The molecule has 2 atom stereocenters. The SMILES string of the molecule is BrCCCOC1CCCCO1.CCn1c(=O)[nH]c(=O)c2c1nc(-c1nccnc1Cl)n2Cc1ccccc1.CCn1c(=O)n(CCCOC2CCCCO2)c(=O)c2c1nc(-c1nccnc1Cl)n2Cc1ccccc1. The van der Waals surface area contributed by atoms with E-state index in [2.05, 4.69) is 45.8 Å². The molecule has 23 heteroatoms. The number of fused-ring (bicyclic) bond motifs is 2. The smallest absolute Gasteiger partial charge is 0.332 e. The molecule has 10 rings (SSSR count). The number of H-pyrrole nitrogens is 1. The van der Waals surface area contributed by atoms with Crippen LogP contribution in [0.5, 0.6) is 0 Å². The zero-order chi connectivity index (χ0) is 52.7. The molecule has 1 N–H and O–H groups in total. The van der Waals surface area contributed by atoms with Crippen molar-refractivity contribution in [2.24, 2.45) is 0 Å². The highest BCUT2D eigenvalue weighted by Crippen LogP contribution is 2.28. The summed E-state index contributed by atoms with van der Waals surface area (Å²) in [6.45, 7) is 8.08. The third-order valence-electron chi connectivity index (χ3n) is 12.4. The number of benzene rings is 2. The van der Waals surface area contributed by atoms with Gasteiger partial charge in [-0.3, -0.25) is 28.3 Å². The average Bonchev–Trinajstić information content (AvgIpc) is 4.00. The molecule has 2 aliphatic rings. The lowest BCUT2D eigenvalue weighted by atomic mass is 10.2. The van der Waals surface area contributed by atoms with E-state index in [1.807, 2.05) is 74.5 Å². The number of halogens is 3. The number of aromatic amines is 1. The Hall–Kier alpha value is -6.20. The van der Waals surface area contributed by atoms with Gasteiger partial charge in [-0.1, -0.05) is 99.8 Å². The van der Waals surface area contributed by atoms with Crippen LogP contribution in [0.1, 0.15) is 76.3 Å². The Bertz CT molecular complexity index is 3390. The van der Waals surface area contributed by atoms with Crippen LogP contribution in [0.3, 0.4) is 0 Å². The number of aromatic nitrogens is 12. The van der Waals surface area contributed by atoms with Crippen molar-refractivity contribution in [3.8, 4) is 23.0 Å². The first-order valence-corrected chi connectivity index (χ1v) is 27.0. The van der Waals surface area contributed by atoms with Crippen LogP contribution >= 0.6 is 39.1 Å². The molecule has 20 nitrogen and oxygen atoms in total. The summed E-state index contributed by atoms with van der Waals surface area (Å²) in [4.78, 5) is 80.4. The van der Waals surface area contributed by atoms with E-state index in [4.69, 9.17) is 47.1 Å². The van der Waals surface area contributed by atoms with E-state index in [-0.39, 0.29) is 34.9 Å². The molecule has 0 radical (unpaired) electrons. The fraction of sp³-hybridized carbons (Fsp3) is 0.423. The van der Waals surface area contributed by atoms with Gasteiger partial charge in [-0.05, 0) is 76.3 Å². The Morgan fingerprint density at radius 3 is 1.60 bits per heavy atom. The number of hydrogen-bond acceptors (Lipinski definition) is 14. The minimum atomic E-state index is -0.505. The Labute approximate surface area is 449 Å². The highest BCUT2D eigenvalue weighted by Gasteiger charge is 2.26. The molecule has 396 valence electrons. The summed E-state index contributed by atoms with van der Waals surface area (Å²) >= 11 is 16.0. The number of alkyl halides is 1. The van der Waals surface area contributed by atoms with Gasteiger partial charge >= 0.3 is 11.4 Å². The molecular weight excluding hydrogens is 1070 g/mol. The highest BCUT2D eigenvalue weighted by atomic mass is 79.9. The first kappa shape index (κ1) is 55.0. The van der Waals surface area contributed by atoms with E-state index in [1.54, 1.807) is 9.13 Å². The molecule has 0 saturated carbocycles. The largest absolute Gasteiger partial charge is 0.353 e. The van der Waals surface area contributed by atoms with Gasteiger partial charge in [0.15, 0.2) is 56.9 Å². The van der Waals surface area contributed by atoms with Gasteiger partial charge < -0.3 is 28.1 Å². The minimum absolute atomic E-state index is 0.0859. The normalized spacial score (nSPS) is 15.6. The van der Waals surface area contributed by atoms with Crippen molar-refractivity contribution in [2.75, 3.05) is 31.8 Å². The fourth-order valence-electron chi connectivity index (χ4n) is 8.77. The average molecular weight is 1130 g/mol. The van der Waals surface area contributed by atoms with Crippen molar-refractivity contribution in [2.45, 2.75) is 111 Å². The first-order chi connectivity index (χ1) is 36.6. The van der Waals surface area contributed by atoms with Crippen LogP contribution in [0, 0.1) is 0 Å². The Kier molecular flexibility index (Phi) is 19.8. The minimum Gasteiger partial charge on any atom is -0.353 e. The topological polar surface area (TPSA) is 223 Å². The molecule has 0 bridgehead atoms. The van der Waals surface area contributed by atoms with Crippen molar-refractivity contribution < 1.29 is 18.9 Å². The summed E-state index contributed by atoms with van der Waals surface area (Å²) in [5.41, 5.74) is 1.99. The highest BCUT2D eigenvalue weighted by molar-refractivity contribution is 9.09. The monoisotopic (exact) mass is 1130 g/mol. The Balaban J connectivity index is 0.000000171. The first-order valence-electron chi connectivity index (χ1n) is 25.1. The van der Waals surface area contributed by atoms with Gasteiger partial charge in [0.05, 0.1) is 13.2 Å². The number of aryl methyl sites for hydroxylation is 2. The number of ether oxygens (including phenoxy) is 4. The third-order valence-corrected chi connectivity index (χ3v) is 13.5. The summed E-state index contributed by atoms with van der Waals surface area (Å²) in [6.07, 6.45) is 13.9. The molecule has 75 heavy (non-hydrogen) atoms. The van der Waals surface area contributed by atoms with Gasteiger partial charge in [0, 0.05) is 76.1 Å². The zero-order valence-corrected chi connectivity index (χ0v) is 44.9. The van der Waals surface area contributed by atoms with Crippen molar-refractivity contribution in [3.63, 3.8) is 0 Å². The summed E-state index contributed by atoms with van der Waals surface area (Å²) < 4.78 is 30.0. The summed E-state index contributed by atoms with van der Waals surface area (Å²) in [6, 6.07) is 19.3. The summed E-state index contributed by atoms with van der Waals surface area (Å²) in [5, 5.41) is 1.35. The Morgan fingerprint density at radius 2 is 1.12 bits per heavy atom. The van der Waals surface area contributed by atoms with Crippen molar-refractivity contribution in [3.05, 3.63) is 149 Å². The van der Waals surface area contributed by atoms with Gasteiger partial charge in [-0.2, -0.15) is 0 Å². The van der Waals surface area contributed by atoms with E-state index in [0.29, 0.717) is 85.7 Å². The van der Waals surface area contributed by atoms with Crippen LogP contribution < -0.4 is 22.5 Å². The van der Waals surface area contributed by atoms with Crippen LogP contribution in [0.4, 0.5) is 0 Å². The number of nitrogens with one attached hydrogen (secondary N) is 1. The van der Waals surface area contributed by atoms with Crippen LogP contribution in [0.25, 0.3) is 45.4 Å². The van der Waals surface area contributed by atoms with Gasteiger partial charge in [0.1, 0.15) is 11.4 Å². The number of hydrogen-bond donors (Lipinski definition) is 1. The summed E-state index contributed by atoms with van der Waals surface area (Å²) in [7, 11) is 0. The molecule has 2 aromatic carbocycles. The molecule has 8 aromatic rings. The molecular formula is C52H59BrCl2N12O8. The second kappa shape index (κ2) is 27.0. The quantitative estimate of drug-likeness (QED) is 0.0678. The predicted molar refractivity (Wildman–Crippen MR) is 289 cm³/mol. The second-order valence-corrected chi connectivity index (χ2v) is 19.0. The van der Waals surface area contributed by atoms with E-state index in [1.165, 1.54) is 51.3 Å². The van der Waals surface area contributed by atoms with Gasteiger partial charge in [-0.25, -0.2) is 39.5 Å². The molecule has 6 aromatic heterocycles. The maximum absolute atomic E-state index is 13.8. The Morgan fingerprint density at radius 1 is 0.627 bits per heavy atom. The van der Waals surface area contributed by atoms with Crippen LogP contribution in [-0.2, 0) is 51.7 Å². The van der Waals surface area contributed by atoms with E-state index >= 15 is 0 Å². The van der Waals surface area contributed by atoms with Crippen LogP contribution in [0.2, 0.25) is 10.3 Å². The van der Waals surface area contributed by atoms with E-state index in [9.17, 15) is 19.2 Å². The molecule has 2 aliphatic heterocycles. The van der Waals surface area contributed by atoms with Crippen molar-refractivity contribution in [1.29, 1.82) is 0 Å². The standard InChI is InChI=1S/C26H29ClN6O4.C18H15ClN6O2.C8H15BrO2/c1-2-31-24-21(25(34)32(26(31)35)14-8-16-37-19-11-6-7-15-36-19)33(17-18-9-4-3-5-10-18)23(30-24)20-22(27)29-13-12-28-20;1-2-24-16-13(17(26)23-18(24)27)25(10-11-6-4-3-5-7-11)15(22-16)12-14(19)21-9-8-20-12;9-5-3-7-11-8-4-1-2-6-10-8/h3-5,9-10,12-13,19H,2,6-8,11,14-17H2,1H3;3-9H,2,10H2,1H3,(H,23,26,27);8H,1-7H2.